The second-order valence-electron chi connectivity index (χ2n) is 11.2. The summed E-state index contributed by atoms with van der Waals surface area (Å²) in [6.45, 7) is 7.43. The van der Waals surface area contributed by atoms with E-state index in [0.29, 0.717) is 29.1 Å². The van der Waals surface area contributed by atoms with E-state index in [2.05, 4.69) is 20.8 Å². The Bertz CT molecular complexity index is 574. The van der Waals surface area contributed by atoms with E-state index >= 15 is 0 Å². The van der Waals surface area contributed by atoms with Gasteiger partial charge < -0.3 is 10.2 Å². The third-order valence-corrected chi connectivity index (χ3v) is 10.2. The Morgan fingerprint density at radius 1 is 1.00 bits per heavy atom. The molecule has 0 aromatic rings. The van der Waals surface area contributed by atoms with Gasteiger partial charge in [-0.05, 0) is 111 Å². The minimum Gasteiger partial charge on any atom is -0.481 e. The molecule has 0 radical (unpaired) electrons. The summed E-state index contributed by atoms with van der Waals surface area (Å²) in [5.41, 5.74) is 0.882. The van der Waals surface area contributed by atoms with Gasteiger partial charge in [-0.15, -0.1) is 0 Å². The number of carboxylic acids is 1. The maximum absolute atomic E-state index is 11.0. The van der Waals surface area contributed by atoms with Crippen molar-refractivity contribution >= 4 is 5.97 Å². The fourth-order valence-electron chi connectivity index (χ4n) is 8.76. The molecule has 0 saturated heterocycles. The number of hydrogen-bond acceptors (Lipinski definition) is 2. The quantitative estimate of drug-likeness (QED) is 0.680. The van der Waals surface area contributed by atoms with Crippen LogP contribution in [0.4, 0.5) is 0 Å². The first kappa shape index (κ1) is 19.7. The molecule has 0 bridgehead atoms. The van der Waals surface area contributed by atoms with Gasteiger partial charge in [0.1, 0.15) is 0 Å². The molecule has 3 nitrogen and oxygen atoms in total. The highest BCUT2D eigenvalue weighted by Crippen LogP contribution is 2.68. The zero-order valence-electron chi connectivity index (χ0n) is 17.6. The van der Waals surface area contributed by atoms with Gasteiger partial charge in [0.05, 0.1) is 6.10 Å². The van der Waals surface area contributed by atoms with Gasteiger partial charge in [-0.3, -0.25) is 4.79 Å². The largest absolute Gasteiger partial charge is 0.481 e. The summed E-state index contributed by atoms with van der Waals surface area (Å²) in [4.78, 5) is 11.0. The minimum absolute atomic E-state index is 0.0561. The van der Waals surface area contributed by atoms with Gasteiger partial charge in [0.25, 0.3) is 0 Å². The number of aliphatic hydroxyl groups is 1. The lowest BCUT2D eigenvalue weighted by molar-refractivity contribution is -0.138. The van der Waals surface area contributed by atoms with Crippen LogP contribution >= 0.6 is 0 Å². The molecule has 4 fully saturated rings. The van der Waals surface area contributed by atoms with E-state index in [0.717, 1.165) is 42.9 Å². The zero-order valence-corrected chi connectivity index (χ0v) is 17.6. The molecule has 4 aliphatic carbocycles. The van der Waals surface area contributed by atoms with Crippen molar-refractivity contribution in [3.8, 4) is 0 Å². The molecule has 0 aromatic heterocycles. The Kier molecular flexibility index (Phi) is 5.15. The second kappa shape index (κ2) is 7.04. The molecule has 4 saturated carbocycles. The maximum atomic E-state index is 11.0. The molecule has 0 aliphatic heterocycles. The number of aliphatic hydroxyl groups excluding tert-OH is 1. The molecule has 154 valence electrons. The monoisotopic (exact) mass is 376 g/mol. The Balaban J connectivity index is 1.51. The van der Waals surface area contributed by atoms with Crippen LogP contribution in [0.2, 0.25) is 0 Å². The predicted molar refractivity (Wildman–Crippen MR) is 107 cm³/mol. The summed E-state index contributed by atoms with van der Waals surface area (Å²) in [6.07, 6.45) is 12.4. The summed E-state index contributed by atoms with van der Waals surface area (Å²) in [7, 11) is 0. The van der Waals surface area contributed by atoms with Gasteiger partial charge in [-0.1, -0.05) is 20.8 Å². The number of hydrogen-bond donors (Lipinski definition) is 2. The lowest BCUT2D eigenvalue weighted by atomic mass is 9.44. The van der Waals surface area contributed by atoms with E-state index < -0.39 is 5.97 Å². The first-order valence-corrected chi connectivity index (χ1v) is 11.7. The normalized spacial score (nSPS) is 50.4. The van der Waals surface area contributed by atoms with Crippen LogP contribution in [0.3, 0.4) is 0 Å². The molecule has 4 rings (SSSR count). The summed E-state index contributed by atoms with van der Waals surface area (Å²) < 4.78 is 0. The van der Waals surface area contributed by atoms with Gasteiger partial charge in [0.15, 0.2) is 0 Å². The highest BCUT2D eigenvalue weighted by molar-refractivity contribution is 5.66. The third kappa shape index (κ3) is 3.16. The minimum atomic E-state index is -0.643. The van der Waals surface area contributed by atoms with Crippen LogP contribution < -0.4 is 0 Å². The molecule has 27 heavy (non-hydrogen) atoms. The van der Waals surface area contributed by atoms with Crippen molar-refractivity contribution < 1.29 is 15.0 Å². The Hall–Kier alpha value is -0.570. The molecule has 0 heterocycles. The van der Waals surface area contributed by atoms with Crippen molar-refractivity contribution in [2.24, 2.45) is 46.3 Å². The number of carboxylic acid groups (broad SMARTS) is 1. The van der Waals surface area contributed by atoms with Crippen LogP contribution in [0.5, 0.6) is 0 Å². The van der Waals surface area contributed by atoms with E-state index in [9.17, 15) is 9.90 Å². The summed E-state index contributed by atoms with van der Waals surface area (Å²) in [5.74, 6) is 3.91. The van der Waals surface area contributed by atoms with Crippen LogP contribution in [0.25, 0.3) is 0 Å². The van der Waals surface area contributed by atoms with Gasteiger partial charge in [0.2, 0.25) is 0 Å². The van der Waals surface area contributed by atoms with Gasteiger partial charge in [-0.2, -0.15) is 0 Å². The molecular weight excluding hydrogens is 336 g/mol. The molecule has 4 aliphatic rings. The smallest absolute Gasteiger partial charge is 0.303 e. The first-order chi connectivity index (χ1) is 12.8. The van der Waals surface area contributed by atoms with E-state index in [-0.39, 0.29) is 6.10 Å². The average Bonchev–Trinajstić information content (AvgIpc) is 2.97. The SMILES string of the molecule is C[C@H](CCC(=O)O)C1CCC2C3CCC4C[C@H](O)CC[C@]4(C)C3CC[C@@]21C. The van der Waals surface area contributed by atoms with Crippen molar-refractivity contribution in [3.63, 3.8) is 0 Å². The molecule has 3 heteroatoms. The Labute approximate surface area is 165 Å². The molecule has 0 aromatic carbocycles. The molecule has 2 N–H and O–H groups in total. The van der Waals surface area contributed by atoms with Gasteiger partial charge >= 0.3 is 5.97 Å². The fourth-order valence-corrected chi connectivity index (χ4v) is 8.76. The van der Waals surface area contributed by atoms with Crippen molar-refractivity contribution in [3.05, 3.63) is 0 Å². The van der Waals surface area contributed by atoms with Crippen molar-refractivity contribution in [2.45, 2.75) is 97.5 Å². The first-order valence-electron chi connectivity index (χ1n) is 11.7. The number of rotatable bonds is 4. The summed E-state index contributed by atoms with van der Waals surface area (Å²) in [6, 6.07) is 0. The number of fused-ring (bicyclic) bond motifs is 5. The van der Waals surface area contributed by atoms with Crippen LogP contribution in [0.1, 0.15) is 91.4 Å². The topological polar surface area (TPSA) is 57.5 Å². The van der Waals surface area contributed by atoms with Crippen LogP contribution in [0, 0.1) is 46.3 Å². The predicted octanol–water partition coefficient (Wildman–Crippen LogP) is 5.51. The van der Waals surface area contributed by atoms with Crippen molar-refractivity contribution in [1.29, 1.82) is 0 Å². The highest BCUT2D eigenvalue weighted by atomic mass is 16.4. The average molecular weight is 377 g/mol. The van der Waals surface area contributed by atoms with E-state index in [1.165, 1.54) is 44.9 Å². The zero-order chi connectivity index (χ0) is 19.4. The Morgan fingerprint density at radius 3 is 2.44 bits per heavy atom. The molecule has 5 unspecified atom stereocenters. The van der Waals surface area contributed by atoms with Crippen LogP contribution in [-0.4, -0.2) is 22.3 Å². The second-order valence-corrected chi connectivity index (χ2v) is 11.2. The lowest BCUT2D eigenvalue weighted by Crippen LogP contribution is -2.54. The van der Waals surface area contributed by atoms with Crippen molar-refractivity contribution in [2.75, 3.05) is 0 Å². The molecule has 0 spiro atoms. The number of aliphatic carboxylic acids is 1. The summed E-state index contributed by atoms with van der Waals surface area (Å²) in [5, 5.41) is 19.3. The summed E-state index contributed by atoms with van der Waals surface area (Å²) >= 11 is 0. The lowest BCUT2D eigenvalue weighted by Gasteiger charge is -2.61. The van der Waals surface area contributed by atoms with Crippen LogP contribution in [-0.2, 0) is 4.79 Å². The van der Waals surface area contributed by atoms with Crippen LogP contribution in [0.15, 0.2) is 0 Å². The number of carbonyl (C=O) groups is 1. The standard InChI is InChI=1S/C24H40O3/c1-15(4-9-22(26)27)19-7-8-20-18-6-5-16-14-17(25)10-12-23(16,2)21(18)11-13-24(19,20)3/h15-21,25H,4-14H2,1-3H3,(H,26,27)/t15-,16?,17-,18?,19?,20?,21?,23+,24-/m1/s1. The molecular formula is C24H40O3. The van der Waals surface area contributed by atoms with E-state index in [1.807, 2.05) is 0 Å². The van der Waals surface area contributed by atoms with E-state index in [1.54, 1.807) is 0 Å². The van der Waals surface area contributed by atoms with Crippen molar-refractivity contribution in [1.82, 2.24) is 0 Å². The fraction of sp³-hybridized carbons (Fsp3) is 0.958. The highest BCUT2D eigenvalue weighted by Gasteiger charge is 2.60. The van der Waals surface area contributed by atoms with Gasteiger partial charge in [0, 0.05) is 6.42 Å². The molecule has 0 amide bonds. The Morgan fingerprint density at radius 2 is 1.70 bits per heavy atom. The van der Waals surface area contributed by atoms with E-state index in [4.69, 9.17) is 5.11 Å². The third-order valence-electron chi connectivity index (χ3n) is 10.2. The molecule has 9 atom stereocenters. The van der Waals surface area contributed by atoms with Gasteiger partial charge in [-0.25, -0.2) is 0 Å². The maximum Gasteiger partial charge on any atom is 0.303 e.